The lowest BCUT2D eigenvalue weighted by Gasteiger charge is -2.26. The van der Waals surface area contributed by atoms with Crippen LogP contribution in [0, 0.1) is 0 Å². The summed E-state index contributed by atoms with van der Waals surface area (Å²) in [4.78, 5) is 13.5. The molecule has 0 saturated carbocycles. The Hall–Kier alpha value is -0.570. The van der Waals surface area contributed by atoms with E-state index < -0.39 is 0 Å². The standard InChI is InChI=1S/C10H20N2O/c1-3-5-8(4-2)12-7-6-9(11)10(12)13/h8-9H,3-7,11H2,1-2H3. The van der Waals surface area contributed by atoms with Gasteiger partial charge in [-0.1, -0.05) is 20.3 Å². The van der Waals surface area contributed by atoms with Crippen LogP contribution in [0.3, 0.4) is 0 Å². The summed E-state index contributed by atoms with van der Waals surface area (Å²) < 4.78 is 0. The summed E-state index contributed by atoms with van der Waals surface area (Å²) in [5, 5.41) is 0. The van der Waals surface area contributed by atoms with Gasteiger partial charge in [-0.2, -0.15) is 0 Å². The quantitative estimate of drug-likeness (QED) is 0.711. The fraction of sp³-hybridized carbons (Fsp3) is 0.900. The van der Waals surface area contributed by atoms with Crippen LogP contribution in [0.25, 0.3) is 0 Å². The highest BCUT2D eigenvalue weighted by molar-refractivity contribution is 5.83. The number of carbonyl (C=O) groups excluding carboxylic acids is 1. The van der Waals surface area contributed by atoms with Crippen LogP contribution < -0.4 is 5.73 Å². The van der Waals surface area contributed by atoms with Crippen molar-refractivity contribution >= 4 is 5.91 Å². The number of carbonyl (C=O) groups is 1. The second-order valence-corrected chi connectivity index (χ2v) is 3.78. The summed E-state index contributed by atoms with van der Waals surface area (Å²) >= 11 is 0. The molecule has 0 radical (unpaired) electrons. The molecule has 0 spiro atoms. The zero-order chi connectivity index (χ0) is 9.84. The minimum absolute atomic E-state index is 0.153. The van der Waals surface area contributed by atoms with Crippen molar-refractivity contribution in [2.45, 2.75) is 51.6 Å². The number of amides is 1. The predicted molar refractivity (Wildman–Crippen MR) is 53.3 cm³/mol. The van der Waals surface area contributed by atoms with Gasteiger partial charge in [-0.25, -0.2) is 0 Å². The second kappa shape index (κ2) is 4.61. The number of likely N-dealkylation sites (tertiary alicyclic amines) is 1. The van der Waals surface area contributed by atoms with Gasteiger partial charge in [0.2, 0.25) is 5.91 Å². The maximum atomic E-state index is 11.6. The Labute approximate surface area is 80.3 Å². The van der Waals surface area contributed by atoms with Crippen LogP contribution in [0.4, 0.5) is 0 Å². The molecule has 0 aromatic carbocycles. The number of nitrogens with zero attached hydrogens (tertiary/aromatic N) is 1. The van der Waals surface area contributed by atoms with E-state index in [1.807, 2.05) is 4.90 Å². The van der Waals surface area contributed by atoms with Crippen molar-refractivity contribution in [3.05, 3.63) is 0 Å². The van der Waals surface area contributed by atoms with Gasteiger partial charge in [0.25, 0.3) is 0 Å². The van der Waals surface area contributed by atoms with E-state index in [-0.39, 0.29) is 11.9 Å². The molecule has 1 heterocycles. The molecule has 76 valence electrons. The number of nitrogens with two attached hydrogens (primary N) is 1. The van der Waals surface area contributed by atoms with Gasteiger partial charge < -0.3 is 10.6 Å². The van der Waals surface area contributed by atoms with Crippen molar-refractivity contribution in [3.63, 3.8) is 0 Å². The molecule has 2 atom stereocenters. The van der Waals surface area contributed by atoms with Crippen molar-refractivity contribution in [2.24, 2.45) is 5.73 Å². The molecular weight excluding hydrogens is 164 g/mol. The smallest absolute Gasteiger partial charge is 0.239 e. The molecule has 1 rings (SSSR count). The topological polar surface area (TPSA) is 46.3 Å². The Balaban J connectivity index is 2.54. The fourth-order valence-electron chi connectivity index (χ4n) is 2.00. The first-order chi connectivity index (χ1) is 6.20. The Morgan fingerprint density at radius 2 is 2.31 bits per heavy atom. The molecular formula is C10H20N2O. The highest BCUT2D eigenvalue weighted by Gasteiger charge is 2.32. The lowest BCUT2D eigenvalue weighted by atomic mass is 10.1. The van der Waals surface area contributed by atoms with Crippen LogP contribution in [-0.2, 0) is 4.79 Å². The average Bonchev–Trinajstić information content (AvgIpc) is 2.45. The molecule has 3 nitrogen and oxygen atoms in total. The largest absolute Gasteiger partial charge is 0.338 e. The molecule has 2 unspecified atom stereocenters. The normalized spacial score (nSPS) is 25.3. The van der Waals surface area contributed by atoms with Gasteiger partial charge >= 0.3 is 0 Å². The van der Waals surface area contributed by atoms with E-state index in [0.29, 0.717) is 6.04 Å². The molecule has 0 bridgehead atoms. The summed E-state index contributed by atoms with van der Waals surface area (Å²) in [5.74, 6) is 0.153. The monoisotopic (exact) mass is 184 g/mol. The van der Waals surface area contributed by atoms with Gasteiger partial charge in [-0.05, 0) is 19.3 Å². The third-order valence-electron chi connectivity index (χ3n) is 2.82. The lowest BCUT2D eigenvalue weighted by molar-refractivity contribution is -0.130. The fourth-order valence-corrected chi connectivity index (χ4v) is 2.00. The van der Waals surface area contributed by atoms with Crippen molar-refractivity contribution in [3.8, 4) is 0 Å². The first-order valence-corrected chi connectivity index (χ1v) is 5.26. The summed E-state index contributed by atoms with van der Waals surface area (Å²) in [7, 11) is 0. The van der Waals surface area contributed by atoms with E-state index in [1.54, 1.807) is 0 Å². The first-order valence-electron chi connectivity index (χ1n) is 5.26. The van der Waals surface area contributed by atoms with Gasteiger partial charge in [0.15, 0.2) is 0 Å². The molecule has 1 fully saturated rings. The molecule has 2 N–H and O–H groups in total. The average molecular weight is 184 g/mol. The second-order valence-electron chi connectivity index (χ2n) is 3.78. The first kappa shape index (κ1) is 10.5. The Kier molecular flexibility index (Phi) is 3.72. The maximum Gasteiger partial charge on any atom is 0.239 e. The number of hydrogen-bond donors (Lipinski definition) is 1. The van der Waals surface area contributed by atoms with E-state index in [9.17, 15) is 4.79 Å². The zero-order valence-corrected chi connectivity index (χ0v) is 8.62. The van der Waals surface area contributed by atoms with Crippen LogP contribution in [0.5, 0.6) is 0 Å². The number of hydrogen-bond acceptors (Lipinski definition) is 2. The molecule has 1 saturated heterocycles. The lowest BCUT2D eigenvalue weighted by Crippen LogP contribution is -2.40. The van der Waals surface area contributed by atoms with Crippen molar-refractivity contribution in [1.29, 1.82) is 0 Å². The van der Waals surface area contributed by atoms with Crippen molar-refractivity contribution in [1.82, 2.24) is 4.90 Å². The Morgan fingerprint density at radius 1 is 1.62 bits per heavy atom. The maximum absolute atomic E-state index is 11.6. The molecule has 1 aliphatic rings. The molecule has 0 aromatic heterocycles. The summed E-state index contributed by atoms with van der Waals surface area (Å²) in [6, 6.07) is 0.192. The minimum atomic E-state index is -0.231. The van der Waals surface area contributed by atoms with E-state index >= 15 is 0 Å². The van der Waals surface area contributed by atoms with Gasteiger partial charge in [-0.3, -0.25) is 4.79 Å². The summed E-state index contributed by atoms with van der Waals surface area (Å²) in [6.07, 6.45) is 4.12. The van der Waals surface area contributed by atoms with Crippen LogP contribution in [0.2, 0.25) is 0 Å². The van der Waals surface area contributed by atoms with Crippen molar-refractivity contribution in [2.75, 3.05) is 6.54 Å². The third-order valence-corrected chi connectivity index (χ3v) is 2.82. The molecule has 1 aliphatic heterocycles. The zero-order valence-electron chi connectivity index (χ0n) is 8.62. The number of rotatable bonds is 4. The summed E-state index contributed by atoms with van der Waals surface area (Å²) in [6.45, 7) is 5.15. The Bertz CT molecular complexity index is 182. The van der Waals surface area contributed by atoms with Crippen LogP contribution >= 0.6 is 0 Å². The van der Waals surface area contributed by atoms with Crippen LogP contribution in [-0.4, -0.2) is 29.4 Å². The minimum Gasteiger partial charge on any atom is -0.338 e. The SMILES string of the molecule is CCCC(CC)N1CCC(N)C1=O. The highest BCUT2D eigenvalue weighted by Crippen LogP contribution is 2.18. The van der Waals surface area contributed by atoms with Gasteiger partial charge in [-0.15, -0.1) is 0 Å². The molecule has 13 heavy (non-hydrogen) atoms. The molecule has 0 aliphatic carbocycles. The van der Waals surface area contributed by atoms with Gasteiger partial charge in [0.1, 0.15) is 0 Å². The van der Waals surface area contributed by atoms with E-state index in [4.69, 9.17) is 5.73 Å². The predicted octanol–water partition coefficient (Wildman–Crippen LogP) is 1.12. The molecule has 3 heteroatoms. The van der Waals surface area contributed by atoms with E-state index in [2.05, 4.69) is 13.8 Å². The van der Waals surface area contributed by atoms with Gasteiger partial charge in [0.05, 0.1) is 6.04 Å². The molecule has 1 amide bonds. The third kappa shape index (κ3) is 2.21. The van der Waals surface area contributed by atoms with Crippen molar-refractivity contribution < 1.29 is 4.79 Å². The van der Waals surface area contributed by atoms with E-state index in [0.717, 1.165) is 32.2 Å². The highest BCUT2D eigenvalue weighted by atomic mass is 16.2. The molecule has 0 aromatic rings. The Morgan fingerprint density at radius 3 is 2.69 bits per heavy atom. The van der Waals surface area contributed by atoms with Crippen LogP contribution in [0.15, 0.2) is 0 Å². The van der Waals surface area contributed by atoms with E-state index in [1.165, 1.54) is 0 Å². The van der Waals surface area contributed by atoms with Gasteiger partial charge in [0, 0.05) is 12.6 Å². The summed E-state index contributed by atoms with van der Waals surface area (Å²) in [5.41, 5.74) is 5.67. The van der Waals surface area contributed by atoms with Crippen LogP contribution in [0.1, 0.15) is 39.5 Å².